The lowest BCUT2D eigenvalue weighted by Crippen LogP contribution is -2.34. The lowest BCUT2D eigenvalue weighted by atomic mass is 9.98. The molecule has 2 unspecified atom stereocenters. The molecule has 0 radical (unpaired) electrons. The van der Waals surface area contributed by atoms with Crippen molar-refractivity contribution in [2.24, 2.45) is 11.8 Å². The fraction of sp³-hybridized carbons (Fsp3) is 0.526. The van der Waals surface area contributed by atoms with Crippen LogP contribution in [0.4, 0.5) is 0 Å². The SMILES string of the molecule is CCCCCCc1cc(-c2sc(C3=C4C(=O)N(CC(CC)CCCC)C(c5cc(CCCCCC)c(-c6cc(CCCCCC)c(-c7ccc(C(=O)O)cc7)s6)s5)=C4C(=O)N3CC(CC)CCCC)cc2CCCCCC)sc1-c1ccc(C(=O)O)cc1. The molecule has 2 aromatic carbocycles. The topological polar surface area (TPSA) is 115 Å². The van der Waals surface area contributed by atoms with Crippen molar-refractivity contribution in [2.75, 3.05) is 13.1 Å². The predicted octanol–water partition coefficient (Wildman–Crippen LogP) is 22.7. The number of aromatic carboxylic acids is 2. The quantitative estimate of drug-likeness (QED) is 0.0370. The van der Waals surface area contributed by atoms with E-state index in [1.165, 1.54) is 64.4 Å². The van der Waals surface area contributed by atoms with Crippen LogP contribution in [-0.4, -0.2) is 56.9 Å². The Balaban J connectivity index is 1.36. The molecule has 0 saturated heterocycles. The highest BCUT2D eigenvalue weighted by Crippen LogP contribution is 2.54. The third-order valence-corrected chi connectivity index (χ3v) is 23.5. The van der Waals surface area contributed by atoms with Gasteiger partial charge in [-0.05, 0) is 158 Å². The van der Waals surface area contributed by atoms with Crippen molar-refractivity contribution in [1.29, 1.82) is 0 Å². The van der Waals surface area contributed by atoms with E-state index in [4.69, 9.17) is 0 Å². The van der Waals surface area contributed by atoms with Crippen LogP contribution in [0.1, 0.15) is 262 Å². The number of thiophene rings is 4. The number of hydrogen-bond acceptors (Lipinski definition) is 8. The van der Waals surface area contributed by atoms with Crippen LogP contribution in [0, 0.1) is 11.8 Å². The second kappa shape index (κ2) is 34.1. The van der Waals surface area contributed by atoms with Crippen LogP contribution in [0.5, 0.6) is 0 Å². The maximum absolute atomic E-state index is 16.3. The Hall–Kier alpha value is -5.40. The molecule has 8 rings (SSSR count). The number of benzene rings is 2. The predicted molar refractivity (Wildman–Crippen MR) is 375 cm³/mol. The molecule has 4 aromatic heterocycles. The van der Waals surface area contributed by atoms with E-state index in [0.29, 0.717) is 24.2 Å². The molecule has 2 atom stereocenters. The Labute approximate surface area is 543 Å². The number of amides is 2. The fourth-order valence-corrected chi connectivity index (χ4v) is 18.2. The van der Waals surface area contributed by atoms with Crippen LogP contribution >= 0.6 is 45.3 Å². The summed E-state index contributed by atoms with van der Waals surface area (Å²) in [5.41, 5.74) is 10.4. The van der Waals surface area contributed by atoms with Gasteiger partial charge in [0.1, 0.15) is 0 Å². The van der Waals surface area contributed by atoms with Gasteiger partial charge >= 0.3 is 11.9 Å². The zero-order valence-corrected chi connectivity index (χ0v) is 57.6. The van der Waals surface area contributed by atoms with Gasteiger partial charge in [-0.3, -0.25) is 9.59 Å². The van der Waals surface area contributed by atoms with E-state index in [0.717, 1.165) is 199 Å². The third-order valence-electron chi connectivity index (χ3n) is 18.3. The Morgan fingerprint density at radius 2 is 0.682 bits per heavy atom. The number of fused-ring (bicyclic) bond motifs is 1. The number of unbranched alkanes of at least 4 members (excludes halogenated alkanes) is 14. The average Bonchev–Trinajstić information content (AvgIpc) is 1.59. The fourth-order valence-electron chi connectivity index (χ4n) is 12.9. The van der Waals surface area contributed by atoms with Gasteiger partial charge in [-0.1, -0.05) is 195 Å². The van der Waals surface area contributed by atoms with Gasteiger partial charge in [-0.25, -0.2) is 9.59 Å². The summed E-state index contributed by atoms with van der Waals surface area (Å²) in [6, 6.07) is 24.3. The Morgan fingerprint density at radius 1 is 0.386 bits per heavy atom. The lowest BCUT2D eigenvalue weighted by Gasteiger charge is -2.29. The van der Waals surface area contributed by atoms with Crippen LogP contribution < -0.4 is 0 Å². The highest BCUT2D eigenvalue weighted by Gasteiger charge is 2.50. The number of hydrogen-bond donors (Lipinski definition) is 2. The zero-order valence-electron chi connectivity index (χ0n) is 54.4. The number of nitrogens with zero attached hydrogens (tertiary/aromatic N) is 2. The van der Waals surface area contributed by atoms with Crippen LogP contribution in [0.3, 0.4) is 0 Å². The first-order valence-electron chi connectivity index (χ1n) is 34.1. The summed E-state index contributed by atoms with van der Waals surface area (Å²) in [4.78, 5) is 69.9. The molecule has 0 fully saturated rings. The van der Waals surface area contributed by atoms with Gasteiger partial charge in [0, 0.05) is 42.4 Å². The van der Waals surface area contributed by atoms with Crippen LogP contribution in [-0.2, 0) is 35.3 Å². The van der Waals surface area contributed by atoms with E-state index in [2.05, 4.69) is 89.5 Å². The summed E-state index contributed by atoms with van der Waals surface area (Å²) >= 11 is 7.11. The third kappa shape index (κ3) is 16.8. The van der Waals surface area contributed by atoms with Crippen molar-refractivity contribution in [2.45, 2.75) is 235 Å². The molecule has 6 heterocycles. The smallest absolute Gasteiger partial charge is 0.335 e. The van der Waals surface area contributed by atoms with Crippen LogP contribution in [0.25, 0.3) is 51.8 Å². The molecule has 2 aliphatic heterocycles. The minimum atomic E-state index is -0.931. The normalized spacial score (nSPS) is 14.1. The van der Waals surface area contributed by atoms with Crippen molar-refractivity contribution < 1.29 is 29.4 Å². The van der Waals surface area contributed by atoms with Crippen molar-refractivity contribution in [3.63, 3.8) is 0 Å². The Morgan fingerprint density at radius 3 is 0.977 bits per heavy atom. The summed E-state index contributed by atoms with van der Waals surface area (Å²) in [5.74, 6) is -1.45. The first kappa shape index (κ1) is 68.5. The summed E-state index contributed by atoms with van der Waals surface area (Å²) < 4.78 is 0. The number of rotatable bonds is 40. The molecule has 2 amide bonds. The van der Waals surface area contributed by atoms with E-state index in [-0.39, 0.29) is 34.8 Å². The molecule has 88 heavy (non-hydrogen) atoms. The monoisotopic (exact) mass is 1260 g/mol. The van der Waals surface area contributed by atoms with Crippen molar-refractivity contribution >= 4 is 80.5 Å². The van der Waals surface area contributed by atoms with Gasteiger partial charge in [0.25, 0.3) is 11.8 Å². The molecule has 0 spiro atoms. The second-order valence-electron chi connectivity index (χ2n) is 25.0. The van der Waals surface area contributed by atoms with E-state index in [9.17, 15) is 19.8 Å². The number of carboxylic acids is 2. The lowest BCUT2D eigenvalue weighted by molar-refractivity contribution is -0.124. The van der Waals surface area contributed by atoms with Gasteiger partial charge < -0.3 is 20.0 Å². The average molecular weight is 1270 g/mol. The molecule has 0 aliphatic carbocycles. The van der Waals surface area contributed by atoms with E-state index < -0.39 is 11.9 Å². The molecule has 2 N–H and O–H groups in total. The minimum Gasteiger partial charge on any atom is -0.478 e. The number of carboxylic acid groups (broad SMARTS) is 2. The first-order valence-corrected chi connectivity index (χ1v) is 37.4. The highest BCUT2D eigenvalue weighted by atomic mass is 32.1. The van der Waals surface area contributed by atoms with Crippen molar-refractivity contribution in [1.82, 2.24) is 9.80 Å². The summed E-state index contributed by atoms with van der Waals surface area (Å²) in [7, 11) is 0. The van der Waals surface area contributed by atoms with Gasteiger partial charge in [-0.2, -0.15) is 0 Å². The Kier molecular flexibility index (Phi) is 26.6. The van der Waals surface area contributed by atoms with E-state index in [1.54, 1.807) is 69.6 Å². The van der Waals surface area contributed by atoms with Gasteiger partial charge in [-0.15, -0.1) is 45.3 Å². The van der Waals surface area contributed by atoms with E-state index >= 15 is 9.59 Å². The van der Waals surface area contributed by atoms with Crippen LogP contribution in [0.2, 0.25) is 0 Å². The van der Waals surface area contributed by atoms with Gasteiger partial charge in [0.15, 0.2) is 0 Å². The number of carbonyl (C=O) groups is 4. The summed E-state index contributed by atoms with van der Waals surface area (Å²) in [6.07, 6.45) is 29.9. The highest BCUT2D eigenvalue weighted by molar-refractivity contribution is 7.25. The summed E-state index contributed by atoms with van der Waals surface area (Å²) in [5, 5.41) is 19.7. The van der Waals surface area contributed by atoms with Crippen molar-refractivity contribution in [3.8, 4) is 40.4 Å². The molecule has 474 valence electrons. The molecular weight excluding hydrogens is 1170 g/mol. The maximum Gasteiger partial charge on any atom is 0.335 e. The maximum atomic E-state index is 16.3. The molecule has 2 aliphatic rings. The van der Waals surface area contributed by atoms with Crippen molar-refractivity contribution in [3.05, 3.63) is 127 Å². The Bertz CT molecular complexity index is 3110. The molecule has 6 aromatic rings. The second-order valence-corrected chi connectivity index (χ2v) is 29.2. The largest absolute Gasteiger partial charge is 0.478 e. The number of carbonyl (C=O) groups excluding carboxylic acids is 2. The minimum absolute atomic E-state index is 0.0542. The van der Waals surface area contributed by atoms with Gasteiger partial charge in [0.05, 0.1) is 43.4 Å². The number of aryl methyl sites for hydroxylation is 4. The molecular formula is C76H100N2O6S4. The zero-order chi connectivity index (χ0) is 62.7. The first-order chi connectivity index (χ1) is 42.8. The molecule has 8 nitrogen and oxygen atoms in total. The molecule has 0 saturated carbocycles. The van der Waals surface area contributed by atoms with E-state index in [1.807, 2.05) is 24.3 Å². The summed E-state index contributed by atoms with van der Waals surface area (Å²) in [6.45, 7) is 19.1. The molecule has 12 heteroatoms. The van der Waals surface area contributed by atoms with Crippen LogP contribution in [0.15, 0.2) is 83.9 Å². The standard InChI is InChI=1S/C76H100N2O6S4/c1-9-17-23-27-33-57-47-63(87-69(57)53-37-41-55(42-38-53)75(81)82)71-59(35-29-25-19-11-3)45-61(85-71)67-65-66(74(80)77(67)49-51(15-7)31-21-13-5)68(78(73(65)79)50-52(16-8)32-22-14-6)62-46-60(36-30-26-20-12-4)72(86-62)64-48-58(34-28-24-18-10-2)70(88-64)54-39-43-56(44-40-54)76(83)84/h37-48,51-52H,9-36,49-50H2,1-8H3,(H,81,82)(H,83,84). The molecule has 0 bridgehead atoms. The van der Waals surface area contributed by atoms with Gasteiger partial charge in [0.2, 0.25) is 0 Å².